The molecule has 1 saturated carbocycles. The zero-order chi connectivity index (χ0) is 23.0. The zero-order valence-corrected chi connectivity index (χ0v) is 20.0. The quantitative estimate of drug-likeness (QED) is 0.729. The second-order valence-electron chi connectivity index (χ2n) is 11.0. The van der Waals surface area contributed by atoms with E-state index in [1.807, 2.05) is 20.8 Å². The molecule has 178 valence electrons. The van der Waals surface area contributed by atoms with Gasteiger partial charge in [-0.2, -0.15) is 0 Å². The van der Waals surface area contributed by atoms with Crippen LogP contribution >= 0.6 is 0 Å². The van der Waals surface area contributed by atoms with Gasteiger partial charge in [-0.05, 0) is 89.3 Å². The van der Waals surface area contributed by atoms with Crippen LogP contribution in [0.5, 0.6) is 0 Å². The van der Waals surface area contributed by atoms with E-state index < -0.39 is 5.60 Å². The molecule has 1 amide bonds. The van der Waals surface area contributed by atoms with E-state index in [1.165, 1.54) is 24.1 Å². The normalized spacial score (nSPS) is 27.5. The molecule has 1 aliphatic carbocycles. The van der Waals surface area contributed by atoms with Gasteiger partial charge in [0.15, 0.2) is 0 Å². The van der Waals surface area contributed by atoms with E-state index in [9.17, 15) is 4.79 Å². The van der Waals surface area contributed by atoms with Crippen molar-refractivity contribution in [1.29, 1.82) is 0 Å². The maximum Gasteiger partial charge on any atom is 0.407 e. The molecule has 2 bridgehead atoms. The Morgan fingerprint density at radius 3 is 2.45 bits per heavy atom. The van der Waals surface area contributed by atoms with Gasteiger partial charge < -0.3 is 19.7 Å². The lowest BCUT2D eigenvalue weighted by Crippen LogP contribution is -2.42. The van der Waals surface area contributed by atoms with Gasteiger partial charge in [-0.3, -0.25) is 9.97 Å². The first kappa shape index (κ1) is 22.4. The molecular formula is C26H36N4O3. The summed E-state index contributed by atoms with van der Waals surface area (Å²) in [7, 11) is 0. The number of aromatic nitrogens is 2. The van der Waals surface area contributed by atoms with E-state index in [-0.39, 0.29) is 12.1 Å². The Balaban J connectivity index is 1.26. The van der Waals surface area contributed by atoms with Crippen LogP contribution in [0.15, 0.2) is 24.5 Å². The second kappa shape index (κ2) is 9.09. The van der Waals surface area contributed by atoms with Gasteiger partial charge >= 0.3 is 6.09 Å². The number of nitrogens with one attached hydrogen (secondary N) is 1. The van der Waals surface area contributed by atoms with Gasteiger partial charge in [0.1, 0.15) is 5.60 Å². The van der Waals surface area contributed by atoms with Gasteiger partial charge in [0.05, 0.1) is 23.2 Å². The van der Waals surface area contributed by atoms with E-state index in [0.29, 0.717) is 18.1 Å². The van der Waals surface area contributed by atoms with Crippen LogP contribution in [0.2, 0.25) is 0 Å². The van der Waals surface area contributed by atoms with Crippen molar-refractivity contribution in [1.82, 2.24) is 15.3 Å². The van der Waals surface area contributed by atoms with Crippen molar-refractivity contribution < 1.29 is 14.3 Å². The summed E-state index contributed by atoms with van der Waals surface area (Å²) in [6, 6.07) is 4.73. The third-order valence-electron chi connectivity index (χ3n) is 7.12. The van der Waals surface area contributed by atoms with Crippen molar-refractivity contribution in [3.63, 3.8) is 0 Å². The summed E-state index contributed by atoms with van der Waals surface area (Å²) >= 11 is 0. The lowest BCUT2D eigenvalue weighted by molar-refractivity contribution is 0.0305. The maximum atomic E-state index is 12.1. The average Bonchev–Trinajstić information content (AvgIpc) is 3.11. The van der Waals surface area contributed by atoms with Gasteiger partial charge in [0, 0.05) is 37.2 Å². The van der Waals surface area contributed by atoms with E-state index in [0.717, 1.165) is 56.2 Å². The molecular weight excluding hydrogens is 416 g/mol. The number of rotatable bonds is 4. The van der Waals surface area contributed by atoms with Gasteiger partial charge in [-0.1, -0.05) is 0 Å². The van der Waals surface area contributed by atoms with Crippen LogP contribution in [0.1, 0.15) is 64.9 Å². The van der Waals surface area contributed by atoms with Crippen LogP contribution in [0.25, 0.3) is 11.0 Å². The van der Waals surface area contributed by atoms with Crippen LogP contribution in [-0.4, -0.2) is 53.0 Å². The number of hydrogen-bond donors (Lipinski definition) is 1. The largest absolute Gasteiger partial charge is 0.444 e. The first-order chi connectivity index (χ1) is 15.8. The fourth-order valence-electron chi connectivity index (χ4n) is 5.59. The van der Waals surface area contributed by atoms with Crippen molar-refractivity contribution >= 4 is 22.8 Å². The molecule has 3 fully saturated rings. The SMILES string of the molecule is CC(C)(C)OC(=O)NC1CCC(Cc2cc(N3C[C@H]4CC[C@@H](C3)O4)cc3nccnc23)CC1. The third-order valence-corrected chi connectivity index (χ3v) is 7.12. The molecule has 0 unspecified atom stereocenters. The van der Waals surface area contributed by atoms with Crippen molar-refractivity contribution in [3.8, 4) is 0 Å². The molecule has 7 nitrogen and oxygen atoms in total. The van der Waals surface area contributed by atoms with E-state index in [2.05, 4.69) is 32.3 Å². The fraction of sp³-hybridized carbons (Fsp3) is 0.654. The first-order valence-electron chi connectivity index (χ1n) is 12.5. The summed E-state index contributed by atoms with van der Waals surface area (Å²) in [4.78, 5) is 23.9. The lowest BCUT2D eigenvalue weighted by atomic mass is 9.82. The molecule has 1 aromatic heterocycles. The minimum absolute atomic E-state index is 0.197. The maximum absolute atomic E-state index is 12.1. The second-order valence-corrected chi connectivity index (χ2v) is 11.0. The lowest BCUT2D eigenvalue weighted by Gasteiger charge is -2.34. The number of ether oxygens (including phenoxy) is 2. The summed E-state index contributed by atoms with van der Waals surface area (Å²) in [6.07, 6.45) is 11.5. The zero-order valence-electron chi connectivity index (χ0n) is 20.0. The predicted octanol–water partition coefficient (Wildman–Crippen LogP) is 4.62. The van der Waals surface area contributed by atoms with E-state index in [1.54, 1.807) is 12.4 Å². The van der Waals surface area contributed by atoms with Crippen molar-refractivity contribution in [2.24, 2.45) is 5.92 Å². The monoisotopic (exact) mass is 452 g/mol. The molecule has 1 aromatic carbocycles. The Bertz CT molecular complexity index is 985. The summed E-state index contributed by atoms with van der Waals surface area (Å²) in [5.74, 6) is 0.586. The van der Waals surface area contributed by atoms with E-state index in [4.69, 9.17) is 9.47 Å². The van der Waals surface area contributed by atoms with Crippen molar-refractivity contribution in [2.45, 2.75) is 89.6 Å². The van der Waals surface area contributed by atoms with Crippen LogP contribution < -0.4 is 10.2 Å². The Morgan fingerprint density at radius 2 is 1.76 bits per heavy atom. The van der Waals surface area contributed by atoms with Gasteiger partial charge in [-0.25, -0.2) is 4.79 Å². The Labute approximate surface area is 196 Å². The first-order valence-corrected chi connectivity index (χ1v) is 12.5. The fourth-order valence-corrected chi connectivity index (χ4v) is 5.59. The Kier molecular flexibility index (Phi) is 6.16. The molecule has 0 spiro atoms. The third kappa shape index (κ3) is 5.40. The molecule has 3 heterocycles. The Morgan fingerprint density at radius 1 is 1.06 bits per heavy atom. The molecule has 2 saturated heterocycles. The number of amides is 1. The van der Waals surface area contributed by atoms with Crippen LogP contribution in [0, 0.1) is 5.92 Å². The molecule has 5 rings (SSSR count). The number of fused-ring (bicyclic) bond motifs is 3. The van der Waals surface area contributed by atoms with Gasteiger partial charge in [0.25, 0.3) is 0 Å². The standard InChI is InChI=1S/C26H36N4O3/c1-26(2,3)33-25(31)29-19-6-4-17(5-7-19)12-18-13-20(14-23-24(18)28-11-10-27-23)30-15-21-8-9-22(16-30)32-21/h10-11,13-14,17,19,21-22H,4-9,12,15-16H2,1-3H3,(H,29,31)/t17?,19?,21-,22+. The highest BCUT2D eigenvalue weighted by Gasteiger charge is 2.34. The molecule has 2 aromatic rings. The number of carbonyl (C=O) groups excluding carboxylic acids is 1. The highest BCUT2D eigenvalue weighted by Crippen LogP contribution is 2.34. The summed E-state index contributed by atoms with van der Waals surface area (Å²) in [5.41, 5.74) is 4.07. The Hall–Kier alpha value is -2.41. The predicted molar refractivity (Wildman–Crippen MR) is 128 cm³/mol. The molecule has 33 heavy (non-hydrogen) atoms. The summed E-state index contributed by atoms with van der Waals surface area (Å²) in [6.45, 7) is 7.61. The van der Waals surface area contributed by atoms with Gasteiger partial charge in [-0.15, -0.1) is 0 Å². The van der Waals surface area contributed by atoms with E-state index >= 15 is 0 Å². The highest BCUT2D eigenvalue weighted by molar-refractivity contribution is 5.82. The summed E-state index contributed by atoms with van der Waals surface area (Å²) < 4.78 is 11.5. The van der Waals surface area contributed by atoms with Crippen LogP contribution in [0.4, 0.5) is 10.5 Å². The molecule has 3 aliphatic rings. The van der Waals surface area contributed by atoms with Crippen LogP contribution in [0.3, 0.4) is 0 Å². The average molecular weight is 453 g/mol. The highest BCUT2D eigenvalue weighted by atomic mass is 16.6. The van der Waals surface area contributed by atoms with Crippen molar-refractivity contribution in [2.75, 3.05) is 18.0 Å². The topological polar surface area (TPSA) is 76.6 Å². The number of alkyl carbamates (subject to hydrolysis) is 1. The van der Waals surface area contributed by atoms with Crippen LogP contribution in [-0.2, 0) is 15.9 Å². The number of nitrogens with zero attached hydrogens (tertiary/aromatic N) is 3. The van der Waals surface area contributed by atoms with Gasteiger partial charge in [0.2, 0.25) is 0 Å². The number of morpholine rings is 1. The minimum atomic E-state index is -0.464. The molecule has 1 N–H and O–H groups in total. The number of carbonyl (C=O) groups is 1. The molecule has 2 aliphatic heterocycles. The summed E-state index contributed by atoms with van der Waals surface area (Å²) in [5, 5.41) is 3.05. The molecule has 7 heteroatoms. The molecule has 0 radical (unpaired) electrons. The minimum Gasteiger partial charge on any atom is -0.444 e. The number of anilines is 1. The number of hydrogen-bond acceptors (Lipinski definition) is 6. The van der Waals surface area contributed by atoms with Crippen molar-refractivity contribution in [3.05, 3.63) is 30.1 Å². The number of benzene rings is 1. The molecule has 2 atom stereocenters. The smallest absolute Gasteiger partial charge is 0.407 e.